The Morgan fingerprint density at radius 3 is 2.28 bits per heavy atom. The normalized spacial score (nSPS) is 10.1. The van der Waals surface area contributed by atoms with Gasteiger partial charge in [0.1, 0.15) is 0 Å². The first kappa shape index (κ1) is 12.5. The molecule has 0 saturated carbocycles. The minimum atomic E-state index is -1.58. The SMILES string of the molecule is C=CCc1ccc(-c2ccc(B(O)O)nn2)cc1. The summed E-state index contributed by atoms with van der Waals surface area (Å²) >= 11 is 0. The fraction of sp³-hybridized carbons (Fsp3) is 0.0769. The van der Waals surface area contributed by atoms with E-state index < -0.39 is 7.12 Å². The molecule has 0 unspecified atom stereocenters. The van der Waals surface area contributed by atoms with Crippen molar-refractivity contribution in [3.63, 3.8) is 0 Å². The Morgan fingerprint density at radius 2 is 1.78 bits per heavy atom. The Hall–Kier alpha value is -1.98. The molecule has 0 amide bonds. The van der Waals surface area contributed by atoms with Crippen LogP contribution in [0.15, 0.2) is 49.1 Å². The van der Waals surface area contributed by atoms with E-state index in [0.29, 0.717) is 5.69 Å². The highest BCUT2D eigenvalue weighted by Gasteiger charge is 2.13. The molecule has 1 heterocycles. The molecule has 0 radical (unpaired) electrons. The fourth-order valence-corrected chi connectivity index (χ4v) is 1.61. The highest BCUT2D eigenvalue weighted by molar-refractivity contribution is 6.57. The van der Waals surface area contributed by atoms with Crippen molar-refractivity contribution >= 4 is 12.7 Å². The zero-order chi connectivity index (χ0) is 13.0. The molecule has 4 nitrogen and oxygen atoms in total. The Morgan fingerprint density at radius 1 is 1.06 bits per heavy atom. The maximum Gasteiger partial charge on any atom is 0.510 e. The van der Waals surface area contributed by atoms with Crippen LogP contribution in [-0.2, 0) is 6.42 Å². The van der Waals surface area contributed by atoms with Crippen LogP contribution in [0.25, 0.3) is 11.3 Å². The van der Waals surface area contributed by atoms with Gasteiger partial charge in [-0.25, -0.2) is 0 Å². The molecule has 2 aromatic rings. The van der Waals surface area contributed by atoms with Crippen LogP contribution in [0.4, 0.5) is 0 Å². The predicted octanol–water partition coefficient (Wildman–Crippen LogP) is 0.552. The topological polar surface area (TPSA) is 66.2 Å². The molecular formula is C13H13BN2O2. The van der Waals surface area contributed by atoms with Crippen molar-refractivity contribution in [3.8, 4) is 11.3 Å². The monoisotopic (exact) mass is 240 g/mol. The van der Waals surface area contributed by atoms with Gasteiger partial charge in [0.2, 0.25) is 0 Å². The van der Waals surface area contributed by atoms with Crippen molar-refractivity contribution in [1.82, 2.24) is 10.2 Å². The molecule has 2 N–H and O–H groups in total. The summed E-state index contributed by atoms with van der Waals surface area (Å²) in [4.78, 5) is 0. The van der Waals surface area contributed by atoms with Gasteiger partial charge in [-0.1, -0.05) is 30.3 Å². The van der Waals surface area contributed by atoms with Gasteiger partial charge in [-0.15, -0.1) is 6.58 Å². The van der Waals surface area contributed by atoms with Gasteiger partial charge in [-0.05, 0) is 24.1 Å². The van der Waals surface area contributed by atoms with E-state index in [9.17, 15) is 0 Å². The second-order valence-corrected chi connectivity index (χ2v) is 3.91. The molecule has 5 heteroatoms. The molecule has 1 aromatic carbocycles. The third-order valence-corrected chi connectivity index (χ3v) is 2.58. The first-order chi connectivity index (χ1) is 8.70. The Balaban J connectivity index is 2.22. The minimum Gasteiger partial charge on any atom is -0.422 e. The maximum absolute atomic E-state index is 8.92. The largest absolute Gasteiger partial charge is 0.510 e. The summed E-state index contributed by atoms with van der Waals surface area (Å²) in [6.45, 7) is 3.69. The lowest BCUT2D eigenvalue weighted by Crippen LogP contribution is -2.33. The molecule has 0 aliphatic carbocycles. The summed E-state index contributed by atoms with van der Waals surface area (Å²) in [5.41, 5.74) is 2.96. The molecule has 0 aliphatic rings. The molecule has 0 spiro atoms. The lowest BCUT2D eigenvalue weighted by atomic mass is 9.86. The van der Waals surface area contributed by atoms with Crippen molar-refractivity contribution in [2.24, 2.45) is 0 Å². The van der Waals surface area contributed by atoms with Crippen molar-refractivity contribution in [2.75, 3.05) is 0 Å². The standard InChI is InChI=1S/C13H13BN2O2/c1-2-3-10-4-6-11(7-5-10)12-8-9-13(14(17)18)16-15-12/h2,4-9,17-18H,1,3H2. The Bertz CT molecular complexity index is 524. The summed E-state index contributed by atoms with van der Waals surface area (Å²) in [6, 6.07) is 11.2. The molecule has 18 heavy (non-hydrogen) atoms. The van der Waals surface area contributed by atoms with Gasteiger partial charge in [0, 0.05) is 5.56 Å². The van der Waals surface area contributed by atoms with E-state index in [-0.39, 0.29) is 5.59 Å². The van der Waals surface area contributed by atoms with Crippen LogP contribution >= 0.6 is 0 Å². The zero-order valence-electron chi connectivity index (χ0n) is 9.82. The first-order valence-electron chi connectivity index (χ1n) is 5.60. The van der Waals surface area contributed by atoms with E-state index in [1.807, 2.05) is 30.3 Å². The van der Waals surface area contributed by atoms with Crippen LogP contribution in [0.1, 0.15) is 5.56 Å². The summed E-state index contributed by atoms with van der Waals surface area (Å²) in [5.74, 6) is 0. The summed E-state index contributed by atoms with van der Waals surface area (Å²) in [6.07, 6.45) is 2.69. The van der Waals surface area contributed by atoms with Crippen LogP contribution in [0.2, 0.25) is 0 Å². The second-order valence-electron chi connectivity index (χ2n) is 3.91. The molecule has 0 fully saturated rings. The third kappa shape index (κ3) is 2.82. The lowest BCUT2D eigenvalue weighted by Gasteiger charge is -2.03. The van der Waals surface area contributed by atoms with Crippen molar-refractivity contribution in [3.05, 3.63) is 54.6 Å². The van der Waals surface area contributed by atoms with E-state index in [0.717, 1.165) is 12.0 Å². The average molecular weight is 240 g/mol. The number of nitrogens with zero attached hydrogens (tertiary/aromatic N) is 2. The van der Waals surface area contributed by atoms with Crippen molar-refractivity contribution in [1.29, 1.82) is 0 Å². The van der Waals surface area contributed by atoms with Gasteiger partial charge < -0.3 is 10.0 Å². The Labute approximate surface area is 106 Å². The fourth-order valence-electron chi connectivity index (χ4n) is 1.61. The van der Waals surface area contributed by atoms with Crippen molar-refractivity contribution in [2.45, 2.75) is 6.42 Å². The maximum atomic E-state index is 8.92. The summed E-state index contributed by atoms with van der Waals surface area (Å²) in [7, 11) is -1.58. The van der Waals surface area contributed by atoms with Gasteiger partial charge in [0.25, 0.3) is 0 Å². The molecule has 0 aliphatic heterocycles. The van der Waals surface area contributed by atoms with Gasteiger partial charge >= 0.3 is 7.12 Å². The summed E-state index contributed by atoms with van der Waals surface area (Å²) in [5, 5.41) is 25.6. The Kier molecular flexibility index (Phi) is 3.87. The number of allylic oxidation sites excluding steroid dienone is 1. The van der Waals surface area contributed by atoms with Gasteiger partial charge in [-0.3, -0.25) is 0 Å². The number of hydrogen-bond acceptors (Lipinski definition) is 4. The van der Waals surface area contributed by atoms with E-state index in [2.05, 4.69) is 16.8 Å². The molecule has 2 rings (SSSR count). The molecule has 1 aromatic heterocycles. The quantitative estimate of drug-likeness (QED) is 0.605. The van der Waals surface area contributed by atoms with Crippen LogP contribution in [0.5, 0.6) is 0 Å². The van der Waals surface area contributed by atoms with Gasteiger partial charge in [-0.2, -0.15) is 10.2 Å². The number of aromatic nitrogens is 2. The highest BCUT2D eigenvalue weighted by atomic mass is 16.4. The van der Waals surface area contributed by atoms with Crippen LogP contribution in [0, 0.1) is 0 Å². The average Bonchev–Trinajstić information content (AvgIpc) is 2.40. The predicted molar refractivity (Wildman–Crippen MR) is 71.2 cm³/mol. The van der Waals surface area contributed by atoms with Gasteiger partial charge in [0.15, 0.2) is 0 Å². The first-order valence-corrected chi connectivity index (χ1v) is 5.60. The van der Waals surface area contributed by atoms with Crippen molar-refractivity contribution < 1.29 is 10.0 Å². The van der Waals surface area contributed by atoms with Crippen LogP contribution in [0.3, 0.4) is 0 Å². The van der Waals surface area contributed by atoms with E-state index in [1.165, 1.54) is 5.56 Å². The van der Waals surface area contributed by atoms with E-state index >= 15 is 0 Å². The molecule has 0 saturated heterocycles. The van der Waals surface area contributed by atoms with Gasteiger partial charge in [0.05, 0.1) is 11.3 Å². The second kappa shape index (κ2) is 5.57. The minimum absolute atomic E-state index is 0.141. The number of rotatable bonds is 4. The van der Waals surface area contributed by atoms with Crippen LogP contribution < -0.4 is 5.59 Å². The zero-order valence-corrected chi connectivity index (χ0v) is 9.82. The lowest BCUT2D eigenvalue weighted by molar-refractivity contribution is 0.423. The van der Waals surface area contributed by atoms with E-state index in [4.69, 9.17) is 10.0 Å². The van der Waals surface area contributed by atoms with E-state index in [1.54, 1.807) is 12.1 Å². The third-order valence-electron chi connectivity index (χ3n) is 2.58. The summed E-state index contributed by atoms with van der Waals surface area (Å²) < 4.78 is 0. The molecule has 90 valence electrons. The smallest absolute Gasteiger partial charge is 0.422 e. The molecular weight excluding hydrogens is 227 g/mol. The number of benzene rings is 1. The number of hydrogen-bond donors (Lipinski definition) is 2. The van der Waals surface area contributed by atoms with Crippen LogP contribution in [-0.4, -0.2) is 27.4 Å². The molecule has 0 bridgehead atoms. The highest BCUT2D eigenvalue weighted by Crippen LogP contribution is 2.16. The molecule has 0 atom stereocenters.